The fraction of sp³-hybridized carbons (Fsp3) is 0.375. The first-order valence-corrected chi connectivity index (χ1v) is 11.3. The van der Waals surface area contributed by atoms with Crippen LogP contribution in [0, 0.1) is 19.7 Å². The van der Waals surface area contributed by atoms with Gasteiger partial charge in [-0.2, -0.15) is 18.3 Å². The highest BCUT2D eigenvalue weighted by Gasteiger charge is 2.36. The summed E-state index contributed by atoms with van der Waals surface area (Å²) in [4.78, 5) is 17.8. The average molecular weight is 514 g/mol. The van der Waals surface area contributed by atoms with Crippen LogP contribution in [0.4, 0.5) is 28.9 Å². The average Bonchev–Trinajstić information content (AvgIpc) is 3.26. The molecule has 0 spiro atoms. The summed E-state index contributed by atoms with van der Waals surface area (Å²) in [5, 5.41) is 6.64. The number of benzene rings is 1. The zero-order chi connectivity index (χ0) is 26.5. The number of fused-ring (bicyclic) bond motifs is 1. The second-order valence-electron chi connectivity index (χ2n) is 7.59. The lowest BCUT2D eigenvalue weighted by molar-refractivity contribution is -0.137. The SMILES string of the molecule is CC.CNc1cnn2c1C(=O)N(c1ccc(C(F)(F)F)c(Cl)c1)CC2C.Cc1cncc(F)c1C. The third-order valence-electron chi connectivity index (χ3n) is 5.35. The Morgan fingerprint density at radius 2 is 1.80 bits per heavy atom. The maximum atomic E-state index is 12.8. The van der Waals surface area contributed by atoms with Gasteiger partial charge in [-0.05, 0) is 50.1 Å². The van der Waals surface area contributed by atoms with Crippen LogP contribution in [0.3, 0.4) is 0 Å². The van der Waals surface area contributed by atoms with E-state index in [1.165, 1.54) is 23.2 Å². The van der Waals surface area contributed by atoms with Crippen LogP contribution in [-0.2, 0) is 6.18 Å². The minimum Gasteiger partial charge on any atom is -0.385 e. The number of carbonyl (C=O) groups excluding carboxylic acids is 1. The maximum Gasteiger partial charge on any atom is 0.417 e. The molecule has 0 saturated heterocycles. The summed E-state index contributed by atoms with van der Waals surface area (Å²) < 4.78 is 52.6. The molecular weight excluding hydrogens is 486 g/mol. The van der Waals surface area contributed by atoms with E-state index >= 15 is 0 Å². The highest BCUT2D eigenvalue weighted by Crippen LogP contribution is 2.38. The van der Waals surface area contributed by atoms with Gasteiger partial charge in [-0.3, -0.25) is 14.5 Å². The standard InChI is InChI=1S/C15H14ClF3N4O.C7H8FN.C2H6/c1-8-7-22(14(24)13-12(20-2)6-21-23(8)13)9-3-4-10(11(16)5-9)15(17,18)19;1-5-3-9-4-7(8)6(5)2;1-2/h3-6,8,20H,7H2,1-2H3;3-4H,1-2H3;1-2H3. The van der Waals surface area contributed by atoms with Crippen LogP contribution in [0.5, 0.6) is 0 Å². The number of anilines is 2. The molecule has 1 unspecified atom stereocenters. The Labute approximate surface area is 206 Å². The van der Waals surface area contributed by atoms with Crippen molar-refractivity contribution in [3.63, 3.8) is 0 Å². The van der Waals surface area contributed by atoms with Crippen molar-refractivity contribution in [2.24, 2.45) is 0 Å². The lowest BCUT2D eigenvalue weighted by Crippen LogP contribution is -2.42. The normalized spacial score (nSPS) is 14.9. The molecule has 3 aromatic rings. The van der Waals surface area contributed by atoms with E-state index in [2.05, 4.69) is 15.4 Å². The number of alkyl halides is 3. The first-order valence-electron chi connectivity index (χ1n) is 11.0. The Balaban J connectivity index is 0.000000329. The minimum atomic E-state index is -4.53. The van der Waals surface area contributed by atoms with Gasteiger partial charge in [-0.1, -0.05) is 25.4 Å². The van der Waals surface area contributed by atoms with E-state index in [4.69, 9.17) is 11.6 Å². The first-order chi connectivity index (χ1) is 16.5. The van der Waals surface area contributed by atoms with Gasteiger partial charge in [0.15, 0.2) is 0 Å². The molecule has 4 rings (SSSR count). The van der Waals surface area contributed by atoms with Crippen molar-refractivity contribution >= 4 is 28.9 Å². The fourth-order valence-corrected chi connectivity index (χ4v) is 3.65. The summed E-state index contributed by atoms with van der Waals surface area (Å²) in [6.45, 7) is 9.75. The van der Waals surface area contributed by atoms with E-state index < -0.39 is 16.8 Å². The fourth-order valence-electron chi connectivity index (χ4n) is 3.37. The summed E-state index contributed by atoms with van der Waals surface area (Å²) in [7, 11) is 1.67. The Kier molecular flexibility index (Phi) is 9.25. The second kappa shape index (κ2) is 11.5. The van der Waals surface area contributed by atoms with Crippen LogP contribution >= 0.6 is 11.6 Å². The smallest absolute Gasteiger partial charge is 0.385 e. The van der Waals surface area contributed by atoms with Crippen LogP contribution in [0.15, 0.2) is 36.8 Å². The molecule has 2 aromatic heterocycles. The number of halogens is 5. The van der Waals surface area contributed by atoms with Crippen LogP contribution in [0.2, 0.25) is 5.02 Å². The van der Waals surface area contributed by atoms with E-state index in [9.17, 15) is 22.4 Å². The molecule has 6 nitrogen and oxygen atoms in total. The summed E-state index contributed by atoms with van der Waals surface area (Å²) in [6.07, 6.45) is -0.111. The Morgan fingerprint density at radius 3 is 2.31 bits per heavy atom. The molecule has 1 aliphatic heterocycles. The van der Waals surface area contributed by atoms with Crippen LogP contribution in [-0.4, -0.2) is 34.3 Å². The second-order valence-corrected chi connectivity index (χ2v) is 8.00. The molecule has 11 heteroatoms. The van der Waals surface area contributed by atoms with Gasteiger partial charge in [0.2, 0.25) is 0 Å². The zero-order valence-corrected chi connectivity index (χ0v) is 21.1. The Bertz CT molecular complexity index is 1160. The van der Waals surface area contributed by atoms with Gasteiger partial charge in [0, 0.05) is 25.5 Å². The number of nitrogens with zero attached hydrogens (tertiary/aromatic N) is 4. The van der Waals surface area contributed by atoms with Crippen molar-refractivity contribution in [2.75, 3.05) is 23.8 Å². The van der Waals surface area contributed by atoms with Crippen molar-refractivity contribution in [1.29, 1.82) is 0 Å². The molecule has 1 atom stereocenters. The third kappa shape index (κ3) is 6.11. The molecule has 1 amide bonds. The largest absolute Gasteiger partial charge is 0.417 e. The predicted molar refractivity (Wildman–Crippen MR) is 130 cm³/mol. The number of rotatable bonds is 2. The molecule has 0 bridgehead atoms. The predicted octanol–water partition coefficient (Wildman–Crippen LogP) is 6.68. The quantitative estimate of drug-likeness (QED) is 0.388. The molecule has 35 heavy (non-hydrogen) atoms. The number of aromatic nitrogens is 3. The van der Waals surface area contributed by atoms with Gasteiger partial charge < -0.3 is 10.2 Å². The molecule has 1 N–H and O–H groups in total. The lowest BCUT2D eigenvalue weighted by atomic mass is 10.1. The molecule has 1 aromatic carbocycles. The number of carbonyl (C=O) groups is 1. The molecule has 3 heterocycles. The molecular formula is C24H28ClF4N5O. The summed E-state index contributed by atoms with van der Waals surface area (Å²) >= 11 is 5.77. The highest BCUT2D eigenvalue weighted by molar-refractivity contribution is 6.31. The first kappa shape index (κ1) is 28.1. The molecule has 0 saturated carbocycles. The van der Waals surface area contributed by atoms with Gasteiger partial charge in [0.25, 0.3) is 5.91 Å². The number of hydrogen-bond acceptors (Lipinski definition) is 4. The van der Waals surface area contributed by atoms with Gasteiger partial charge in [0.1, 0.15) is 11.5 Å². The third-order valence-corrected chi connectivity index (χ3v) is 5.67. The van der Waals surface area contributed by atoms with Crippen LogP contribution in [0.1, 0.15) is 54.0 Å². The van der Waals surface area contributed by atoms with Crippen molar-refractivity contribution in [1.82, 2.24) is 14.8 Å². The summed E-state index contributed by atoms with van der Waals surface area (Å²) in [6, 6.07) is 3.19. The molecule has 0 fully saturated rings. The van der Waals surface area contributed by atoms with Gasteiger partial charge in [-0.15, -0.1) is 0 Å². The lowest BCUT2D eigenvalue weighted by Gasteiger charge is -2.32. The molecule has 0 aliphatic carbocycles. The van der Waals surface area contributed by atoms with Crippen molar-refractivity contribution in [3.8, 4) is 0 Å². The van der Waals surface area contributed by atoms with E-state index in [-0.39, 0.29) is 17.8 Å². The number of amides is 1. The molecule has 190 valence electrons. The van der Waals surface area contributed by atoms with Crippen LogP contribution in [0.25, 0.3) is 0 Å². The Hall–Kier alpha value is -3.14. The monoisotopic (exact) mass is 513 g/mol. The van der Waals surface area contributed by atoms with Gasteiger partial charge in [0.05, 0.1) is 34.7 Å². The number of nitrogens with one attached hydrogen (secondary N) is 1. The maximum absolute atomic E-state index is 12.8. The highest BCUT2D eigenvalue weighted by atomic mass is 35.5. The van der Waals surface area contributed by atoms with E-state index in [0.29, 0.717) is 29.2 Å². The van der Waals surface area contributed by atoms with Crippen molar-refractivity contribution in [3.05, 3.63) is 70.0 Å². The van der Waals surface area contributed by atoms with E-state index in [1.807, 2.05) is 27.7 Å². The van der Waals surface area contributed by atoms with Gasteiger partial charge in [-0.25, -0.2) is 4.39 Å². The zero-order valence-electron chi connectivity index (χ0n) is 20.3. The van der Waals surface area contributed by atoms with Crippen LogP contribution < -0.4 is 10.2 Å². The summed E-state index contributed by atoms with van der Waals surface area (Å²) in [5.74, 6) is -0.569. The van der Waals surface area contributed by atoms with Crippen molar-refractivity contribution < 1.29 is 22.4 Å². The van der Waals surface area contributed by atoms with Crippen molar-refractivity contribution in [2.45, 2.75) is 46.8 Å². The van der Waals surface area contributed by atoms with Gasteiger partial charge >= 0.3 is 6.18 Å². The Morgan fingerprint density at radius 1 is 1.14 bits per heavy atom. The molecule has 0 radical (unpaired) electrons. The van der Waals surface area contributed by atoms with E-state index in [0.717, 1.165) is 11.6 Å². The number of aryl methyl sites for hydroxylation is 1. The molecule has 1 aliphatic rings. The topological polar surface area (TPSA) is 63.1 Å². The summed E-state index contributed by atoms with van der Waals surface area (Å²) in [5.41, 5.74) is 1.91. The number of hydrogen-bond donors (Lipinski definition) is 1. The minimum absolute atomic E-state index is 0.124. The van der Waals surface area contributed by atoms with E-state index in [1.54, 1.807) is 31.0 Å². The number of pyridine rings is 1.